The molecular formula is C41H35F3P2. The maximum atomic E-state index is 14.6. The lowest BCUT2D eigenvalue weighted by Crippen LogP contribution is -2.28. The Labute approximate surface area is 272 Å². The van der Waals surface area contributed by atoms with Crippen LogP contribution in [0.1, 0.15) is 27.8 Å². The van der Waals surface area contributed by atoms with Crippen LogP contribution < -0.4 is 31.8 Å². The van der Waals surface area contributed by atoms with Gasteiger partial charge in [-0.15, -0.1) is 0 Å². The van der Waals surface area contributed by atoms with Crippen LogP contribution in [0.15, 0.2) is 140 Å². The molecule has 0 heterocycles. The smallest absolute Gasteiger partial charge is 0.166 e. The highest BCUT2D eigenvalue weighted by Gasteiger charge is 2.35. The summed E-state index contributed by atoms with van der Waals surface area (Å²) in [5.74, 6) is 0. The largest absolute Gasteiger partial charge is 0.416 e. The minimum absolute atomic E-state index is 0.612. The van der Waals surface area contributed by atoms with Crippen molar-refractivity contribution in [2.75, 3.05) is 0 Å². The molecule has 0 aliphatic heterocycles. The van der Waals surface area contributed by atoms with E-state index in [4.69, 9.17) is 0 Å². The van der Waals surface area contributed by atoms with Gasteiger partial charge in [0.05, 0.1) is 5.56 Å². The van der Waals surface area contributed by atoms with Gasteiger partial charge in [0, 0.05) is 0 Å². The molecule has 6 rings (SSSR count). The van der Waals surface area contributed by atoms with E-state index < -0.39 is 27.6 Å². The predicted molar refractivity (Wildman–Crippen MR) is 193 cm³/mol. The van der Waals surface area contributed by atoms with E-state index in [2.05, 4.69) is 75.4 Å². The Morgan fingerprint density at radius 3 is 1.15 bits per heavy atom. The van der Waals surface area contributed by atoms with Crippen molar-refractivity contribution in [3.8, 4) is 11.1 Å². The number of hydrogen-bond donors (Lipinski definition) is 0. The van der Waals surface area contributed by atoms with Gasteiger partial charge in [-0.25, -0.2) is 0 Å². The summed E-state index contributed by atoms with van der Waals surface area (Å²) >= 11 is 0. The third-order valence-electron chi connectivity index (χ3n) is 8.57. The van der Waals surface area contributed by atoms with Crippen molar-refractivity contribution in [3.05, 3.63) is 167 Å². The number of benzene rings is 6. The zero-order valence-corrected chi connectivity index (χ0v) is 28.1. The van der Waals surface area contributed by atoms with Crippen molar-refractivity contribution in [1.29, 1.82) is 0 Å². The van der Waals surface area contributed by atoms with Gasteiger partial charge >= 0.3 is 6.18 Å². The van der Waals surface area contributed by atoms with E-state index in [0.29, 0.717) is 5.56 Å². The van der Waals surface area contributed by atoms with Gasteiger partial charge in [-0.2, -0.15) is 13.2 Å². The summed E-state index contributed by atoms with van der Waals surface area (Å²) < 4.78 is 43.8. The molecule has 0 saturated carbocycles. The van der Waals surface area contributed by atoms with Gasteiger partial charge < -0.3 is 0 Å². The van der Waals surface area contributed by atoms with Gasteiger partial charge in [0.25, 0.3) is 0 Å². The fourth-order valence-corrected chi connectivity index (χ4v) is 11.3. The van der Waals surface area contributed by atoms with Crippen molar-refractivity contribution in [1.82, 2.24) is 0 Å². The molecule has 0 saturated heterocycles. The number of alkyl halides is 3. The molecule has 0 atom stereocenters. The van der Waals surface area contributed by atoms with Gasteiger partial charge in [0.1, 0.15) is 0 Å². The Bertz CT molecular complexity index is 1870. The average molecular weight is 647 g/mol. The molecule has 0 nitrogen and oxygen atoms in total. The van der Waals surface area contributed by atoms with Crippen molar-refractivity contribution in [3.63, 3.8) is 0 Å². The van der Waals surface area contributed by atoms with Crippen LogP contribution in [-0.2, 0) is 6.18 Å². The fraction of sp³-hybridized carbons (Fsp3) is 0.122. The van der Waals surface area contributed by atoms with E-state index in [1.165, 1.54) is 28.3 Å². The summed E-state index contributed by atoms with van der Waals surface area (Å²) in [4.78, 5) is 0. The molecule has 0 fully saturated rings. The molecule has 0 amide bonds. The lowest BCUT2D eigenvalue weighted by Gasteiger charge is -2.30. The first kappa shape index (κ1) is 31.9. The van der Waals surface area contributed by atoms with Gasteiger partial charge in [-0.1, -0.05) is 127 Å². The van der Waals surface area contributed by atoms with Crippen molar-refractivity contribution < 1.29 is 13.2 Å². The summed E-state index contributed by atoms with van der Waals surface area (Å²) in [7, 11) is -2.37. The summed E-state index contributed by atoms with van der Waals surface area (Å²) in [6.07, 6.45) is -4.48. The third-order valence-corrected chi connectivity index (χ3v) is 13.5. The van der Waals surface area contributed by atoms with E-state index in [1.807, 2.05) is 79.7 Å². The Morgan fingerprint density at radius 2 is 0.783 bits per heavy atom. The molecule has 0 aliphatic rings. The molecule has 230 valence electrons. The Kier molecular flexibility index (Phi) is 9.28. The highest BCUT2D eigenvalue weighted by molar-refractivity contribution is 7.80. The van der Waals surface area contributed by atoms with Crippen LogP contribution in [-0.4, -0.2) is 0 Å². The molecule has 0 bridgehead atoms. The highest BCUT2D eigenvalue weighted by Crippen LogP contribution is 2.45. The molecule has 0 aromatic heterocycles. The lowest BCUT2D eigenvalue weighted by molar-refractivity contribution is -0.137. The molecule has 5 heteroatoms. The average Bonchev–Trinajstić information content (AvgIpc) is 3.06. The van der Waals surface area contributed by atoms with E-state index in [0.717, 1.165) is 43.5 Å². The molecule has 6 aromatic carbocycles. The first-order chi connectivity index (χ1) is 22.1. The Morgan fingerprint density at radius 1 is 0.413 bits per heavy atom. The van der Waals surface area contributed by atoms with Crippen LogP contribution in [0.5, 0.6) is 0 Å². The van der Waals surface area contributed by atoms with Crippen LogP contribution in [0, 0.1) is 27.7 Å². The first-order valence-electron chi connectivity index (χ1n) is 15.3. The predicted octanol–water partition coefficient (Wildman–Crippen LogP) is 9.12. The molecule has 6 aromatic rings. The lowest BCUT2D eigenvalue weighted by atomic mass is 9.90. The summed E-state index contributed by atoms with van der Waals surface area (Å²) in [6, 6.07) is 46.1. The maximum absolute atomic E-state index is 14.6. The van der Waals surface area contributed by atoms with E-state index in [9.17, 15) is 13.2 Å². The third kappa shape index (κ3) is 6.32. The Balaban J connectivity index is 1.76. The van der Waals surface area contributed by atoms with Crippen LogP contribution in [0.2, 0.25) is 0 Å². The summed E-state index contributed by atoms with van der Waals surface area (Å²) in [5.41, 5.74) is 5.41. The zero-order valence-electron chi connectivity index (χ0n) is 26.3. The minimum atomic E-state index is -4.48. The number of halogens is 3. The van der Waals surface area contributed by atoms with Gasteiger partial charge in [0.2, 0.25) is 0 Å². The van der Waals surface area contributed by atoms with Gasteiger partial charge in [-0.05, 0) is 121 Å². The van der Waals surface area contributed by atoms with Crippen molar-refractivity contribution >= 4 is 47.7 Å². The molecule has 0 unspecified atom stereocenters. The minimum Gasteiger partial charge on any atom is -0.166 e. The highest BCUT2D eigenvalue weighted by atomic mass is 31.1. The quantitative estimate of drug-likeness (QED) is 0.152. The molecule has 0 spiro atoms. The second kappa shape index (κ2) is 13.4. The van der Waals surface area contributed by atoms with Crippen molar-refractivity contribution in [2.45, 2.75) is 33.9 Å². The van der Waals surface area contributed by atoms with Crippen LogP contribution >= 0.6 is 15.8 Å². The molecule has 0 N–H and O–H groups in total. The summed E-state index contributed by atoms with van der Waals surface area (Å²) in [5, 5.41) is 6.32. The van der Waals surface area contributed by atoms with Crippen LogP contribution in [0.25, 0.3) is 11.1 Å². The molecular weight excluding hydrogens is 611 g/mol. The van der Waals surface area contributed by atoms with E-state index >= 15 is 0 Å². The summed E-state index contributed by atoms with van der Waals surface area (Å²) in [6.45, 7) is 8.25. The fourth-order valence-electron chi connectivity index (χ4n) is 6.15. The zero-order chi connectivity index (χ0) is 32.4. The molecule has 46 heavy (non-hydrogen) atoms. The SMILES string of the molecule is Cc1cc(P(c2ccccc2)c2ccccc2)c(-c2c(C)cc(C(F)(F)F)cc2P(c2ccccc2)c2ccccc2)c(C)c1C. The van der Waals surface area contributed by atoms with Crippen LogP contribution in [0.3, 0.4) is 0 Å². The van der Waals surface area contributed by atoms with Gasteiger partial charge in [0.15, 0.2) is 0 Å². The molecule has 0 aliphatic carbocycles. The second-order valence-corrected chi connectivity index (χ2v) is 15.9. The Hall–Kier alpha value is -4.03. The number of rotatable bonds is 7. The second-order valence-electron chi connectivity index (χ2n) is 11.5. The van der Waals surface area contributed by atoms with Crippen LogP contribution in [0.4, 0.5) is 13.2 Å². The van der Waals surface area contributed by atoms with Crippen molar-refractivity contribution in [2.24, 2.45) is 0 Å². The monoisotopic (exact) mass is 646 g/mol. The standard InChI is InChI=1S/C41H35F3P2/c1-28-26-37(45(33-17-9-5-10-18-33)34-19-11-6-12-20-34)40(31(4)30(28)3)39-29(2)25-32(41(42,43)44)27-38(39)46(35-21-13-7-14-22-35)36-23-15-8-16-24-36/h5-27H,1-4H3. The molecule has 0 radical (unpaired) electrons. The van der Waals surface area contributed by atoms with Gasteiger partial charge in [-0.3, -0.25) is 0 Å². The number of hydrogen-bond acceptors (Lipinski definition) is 0. The number of aryl methyl sites for hydroxylation is 2. The maximum Gasteiger partial charge on any atom is 0.416 e. The first-order valence-corrected chi connectivity index (χ1v) is 18.0. The van der Waals surface area contributed by atoms with E-state index in [1.54, 1.807) is 0 Å². The van der Waals surface area contributed by atoms with E-state index in [-0.39, 0.29) is 0 Å². The normalized spacial score (nSPS) is 11.8. The topological polar surface area (TPSA) is 0 Å².